The lowest BCUT2D eigenvalue weighted by molar-refractivity contribution is 0.583. The number of rotatable bonds is 2. The molecule has 96 valence electrons. The summed E-state index contributed by atoms with van der Waals surface area (Å²) < 4.78 is 13.4. The van der Waals surface area contributed by atoms with Crippen LogP contribution >= 0.6 is 34.8 Å². The van der Waals surface area contributed by atoms with E-state index in [0.717, 1.165) is 0 Å². The molecular weight excluding hydrogens is 310 g/mol. The molecule has 0 aliphatic rings. The van der Waals surface area contributed by atoms with Gasteiger partial charge in [0.1, 0.15) is 0 Å². The van der Waals surface area contributed by atoms with E-state index in [-0.39, 0.29) is 21.5 Å². The van der Waals surface area contributed by atoms with E-state index in [1.807, 2.05) is 6.07 Å². The van der Waals surface area contributed by atoms with Crippen molar-refractivity contribution in [1.29, 1.82) is 5.26 Å². The van der Waals surface area contributed by atoms with Crippen molar-refractivity contribution in [2.75, 3.05) is 0 Å². The molecule has 19 heavy (non-hydrogen) atoms. The molecule has 0 N–H and O–H groups in total. The lowest BCUT2D eigenvalue weighted by Crippen LogP contribution is -1.93. The lowest BCUT2D eigenvalue weighted by Gasteiger charge is -2.06. The van der Waals surface area contributed by atoms with E-state index >= 15 is 0 Å². The van der Waals surface area contributed by atoms with Gasteiger partial charge >= 0.3 is 0 Å². The lowest BCUT2D eigenvalue weighted by atomic mass is 10.1. The molecule has 0 aliphatic heterocycles. The number of hydrogen-bond acceptors (Lipinski definition) is 2. The molecule has 0 aliphatic carbocycles. The highest BCUT2D eigenvalue weighted by molar-refractivity contribution is 6.48. The fourth-order valence-corrected chi connectivity index (χ4v) is 2.19. The molecule has 0 fully saturated rings. The predicted molar refractivity (Wildman–Crippen MR) is 74.0 cm³/mol. The molecule has 6 heteroatoms. The molecular formula is C13H6Cl3FN2. The molecule has 0 bridgehead atoms. The standard InChI is InChI=1S/C13H6Cl3FN2/c14-9-5-8(6-10(15)13(9)16)11-3-7(1-2-18)4-12(17)19-11/h3-6H,1H2. The van der Waals surface area contributed by atoms with Crippen LogP contribution in [-0.2, 0) is 6.42 Å². The fraction of sp³-hybridized carbons (Fsp3) is 0.0769. The first kappa shape index (κ1) is 14.1. The van der Waals surface area contributed by atoms with Crippen molar-refractivity contribution in [3.63, 3.8) is 0 Å². The molecule has 2 nitrogen and oxygen atoms in total. The van der Waals surface area contributed by atoms with Crippen LogP contribution in [-0.4, -0.2) is 4.98 Å². The Hall–Kier alpha value is -1.34. The summed E-state index contributed by atoms with van der Waals surface area (Å²) in [5.74, 6) is -0.662. The quantitative estimate of drug-likeness (QED) is 0.583. The van der Waals surface area contributed by atoms with Crippen molar-refractivity contribution in [3.8, 4) is 17.3 Å². The summed E-state index contributed by atoms with van der Waals surface area (Å²) in [6, 6.07) is 7.88. The minimum Gasteiger partial charge on any atom is -0.220 e. The van der Waals surface area contributed by atoms with Crippen LogP contribution in [0.4, 0.5) is 4.39 Å². The van der Waals surface area contributed by atoms with Crippen LogP contribution in [0.3, 0.4) is 0 Å². The van der Waals surface area contributed by atoms with Gasteiger partial charge in [-0.15, -0.1) is 0 Å². The smallest absolute Gasteiger partial charge is 0.213 e. The molecule has 2 rings (SSSR count). The highest BCUT2D eigenvalue weighted by Gasteiger charge is 2.10. The molecule has 1 aromatic carbocycles. The minimum absolute atomic E-state index is 0.0987. The van der Waals surface area contributed by atoms with Crippen LogP contribution < -0.4 is 0 Å². The largest absolute Gasteiger partial charge is 0.220 e. The van der Waals surface area contributed by atoms with E-state index in [4.69, 9.17) is 40.1 Å². The van der Waals surface area contributed by atoms with Crippen molar-refractivity contribution in [1.82, 2.24) is 4.98 Å². The van der Waals surface area contributed by atoms with Crippen LogP contribution in [0.2, 0.25) is 15.1 Å². The van der Waals surface area contributed by atoms with Gasteiger partial charge in [-0.2, -0.15) is 9.65 Å². The molecule has 0 unspecified atom stereocenters. The number of pyridine rings is 1. The highest BCUT2D eigenvalue weighted by Crippen LogP contribution is 2.34. The zero-order valence-corrected chi connectivity index (χ0v) is 11.7. The van der Waals surface area contributed by atoms with Crippen molar-refractivity contribution in [3.05, 3.63) is 50.8 Å². The molecule has 1 aromatic heterocycles. The Morgan fingerprint density at radius 1 is 1.11 bits per heavy atom. The molecule has 0 atom stereocenters. The maximum atomic E-state index is 13.4. The van der Waals surface area contributed by atoms with Gasteiger partial charge in [0, 0.05) is 5.56 Å². The van der Waals surface area contributed by atoms with E-state index in [2.05, 4.69) is 4.98 Å². The normalized spacial score (nSPS) is 10.3. The number of nitrogens with zero attached hydrogens (tertiary/aromatic N) is 2. The van der Waals surface area contributed by atoms with Crippen molar-refractivity contribution in [2.24, 2.45) is 0 Å². The van der Waals surface area contributed by atoms with Crippen LogP contribution in [0.1, 0.15) is 5.56 Å². The van der Waals surface area contributed by atoms with Crippen molar-refractivity contribution >= 4 is 34.8 Å². The first-order chi connectivity index (χ1) is 9.01. The van der Waals surface area contributed by atoms with Crippen molar-refractivity contribution < 1.29 is 4.39 Å². The van der Waals surface area contributed by atoms with Gasteiger partial charge in [-0.3, -0.25) is 0 Å². The van der Waals surface area contributed by atoms with Gasteiger partial charge in [-0.25, -0.2) is 4.98 Å². The Morgan fingerprint density at radius 3 is 2.32 bits per heavy atom. The molecule has 0 spiro atoms. The number of benzene rings is 1. The minimum atomic E-state index is -0.662. The van der Waals surface area contributed by atoms with Gasteiger partial charge in [-0.1, -0.05) is 34.8 Å². The Bertz CT molecular complexity index is 657. The molecule has 1 heterocycles. The van der Waals surface area contributed by atoms with Crippen LogP contribution in [0.15, 0.2) is 24.3 Å². The van der Waals surface area contributed by atoms with Crippen molar-refractivity contribution in [2.45, 2.75) is 6.42 Å². The van der Waals surface area contributed by atoms with Gasteiger partial charge in [0.25, 0.3) is 0 Å². The SMILES string of the molecule is N#CCc1cc(F)nc(-c2cc(Cl)c(Cl)c(Cl)c2)c1. The van der Waals surface area contributed by atoms with Crippen LogP contribution in [0, 0.1) is 17.3 Å². The third-order valence-electron chi connectivity index (χ3n) is 2.42. The Kier molecular flexibility index (Phi) is 4.26. The molecule has 0 amide bonds. The first-order valence-electron chi connectivity index (χ1n) is 5.19. The van der Waals surface area contributed by atoms with Crippen LogP contribution in [0.5, 0.6) is 0 Å². The van der Waals surface area contributed by atoms with Gasteiger partial charge in [-0.05, 0) is 29.8 Å². The van der Waals surface area contributed by atoms with Gasteiger partial charge in [0.05, 0.1) is 33.3 Å². The molecule has 0 saturated heterocycles. The van der Waals surface area contributed by atoms with E-state index in [9.17, 15) is 4.39 Å². The van der Waals surface area contributed by atoms with E-state index in [1.165, 1.54) is 6.07 Å². The second kappa shape index (κ2) is 5.75. The first-order valence-corrected chi connectivity index (χ1v) is 6.33. The summed E-state index contributed by atoms with van der Waals surface area (Å²) in [6.07, 6.45) is 0.0987. The molecule has 0 saturated carbocycles. The van der Waals surface area contributed by atoms with E-state index in [0.29, 0.717) is 16.8 Å². The average molecular weight is 316 g/mol. The summed E-state index contributed by atoms with van der Waals surface area (Å²) in [5, 5.41) is 9.40. The zero-order valence-electron chi connectivity index (χ0n) is 9.42. The Labute approximate surface area is 124 Å². The second-order valence-electron chi connectivity index (χ2n) is 3.77. The zero-order chi connectivity index (χ0) is 14.0. The number of hydrogen-bond donors (Lipinski definition) is 0. The van der Waals surface area contributed by atoms with Gasteiger partial charge < -0.3 is 0 Å². The number of nitriles is 1. The fourth-order valence-electron chi connectivity index (χ4n) is 1.59. The summed E-state index contributed by atoms with van der Waals surface area (Å²) in [5.41, 5.74) is 1.43. The molecule has 2 aromatic rings. The molecule has 0 radical (unpaired) electrons. The Balaban J connectivity index is 2.56. The highest BCUT2D eigenvalue weighted by atomic mass is 35.5. The van der Waals surface area contributed by atoms with Gasteiger partial charge in [0.2, 0.25) is 5.95 Å². The number of halogens is 4. The van der Waals surface area contributed by atoms with E-state index < -0.39 is 5.95 Å². The summed E-state index contributed by atoms with van der Waals surface area (Å²) in [4.78, 5) is 3.76. The van der Waals surface area contributed by atoms with Crippen LogP contribution in [0.25, 0.3) is 11.3 Å². The summed E-state index contributed by atoms with van der Waals surface area (Å²) in [7, 11) is 0. The predicted octanol–water partition coefficient (Wildman–Crippen LogP) is 4.91. The third-order valence-corrected chi connectivity index (χ3v) is 3.61. The van der Waals surface area contributed by atoms with E-state index in [1.54, 1.807) is 18.2 Å². The maximum Gasteiger partial charge on any atom is 0.213 e. The monoisotopic (exact) mass is 314 g/mol. The maximum absolute atomic E-state index is 13.4. The summed E-state index contributed by atoms with van der Waals surface area (Å²) in [6.45, 7) is 0. The second-order valence-corrected chi connectivity index (χ2v) is 4.96. The third kappa shape index (κ3) is 3.16. The topological polar surface area (TPSA) is 36.7 Å². The number of aromatic nitrogens is 1. The summed E-state index contributed by atoms with van der Waals surface area (Å²) >= 11 is 17.7. The average Bonchev–Trinajstić information content (AvgIpc) is 2.35. The Morgan fingerprint density at radius 2 is 1.74 bits per heavy atom. The van der Waals surface area contributed by atoms with Gasteiger partial charge in [0.15, 0.2) is 0 Å².